The summed E-state index contributed by atoms with van der Waals surface area (Å²) < 4.78 is 1.56. The molecular weight excluding hydrogens is 226 g/mol. The van der Waals surface area contributed by atoms with Crippen LogP contribution in [0.3, 0.4) is 0 Å². The predicted molar refractivity (Wildman–Crippen MR) is 68.5 cm³/mol. The SMILES string of the molecule is Cc1cccc(-c2nc3cccc(C=O)n3n2)c1. The standard InChI is InChI=1S/C14H11N3O/c1-10-4-2-5-11(8-10)14-15-13-7-3-6-12(9-18)17(13)16-14/h2-9H,1H3. The number of aromatic nitrogens is 3. The summed E-state index contributed by atoms with van der Waals surface area (Å²) in [6.45, 7) is 2.02. The number of carbonyl (C=O) groups is 1. The summed E-state index contributed by atoms with van der Waals surface area (Å²) in [5.74, 6) is 0.632. The van der Waals surface area contributed by atoms with Crippen molar-refractivity contribution in [1.82, 2.24) is 14.6 Å². The maximum atomic E-state index is 10.9. The first-order valence-electron chi connectivity index (χ1n) is 5.66. The van der Waals surface area contributed by atoms with Gasteiger partial charge in [0.1, 0.15) is 5.69 Å². The minimum atomic E-state index is 0.499. The highest BCUT2D eigenvalue weighted by Crippen LogP contribution is 2.17. The molecule has 0 saturated carbocycles. The van der Waals surface area contributed by atoms with Gasteiger partial charge in [-0.2, -0.15) is 0 Å². The number of nitrogens with zero attached hydrogens (tertiary/aromatic N) is 3. The first kappa shape index (κ1) is 10.7. The van der Waals surface area contributed by atoms with Crippen LogP contribution in [0, 0.1) is 6.92 Å². The van der Waals surface area contributed by atoms with Gasteiger partial charge in [0.15, 0.2) is 17.8 Å². The number of carbonyl (C=O) groups excluding carboxylic acids is 1. The lowest BCUT2D eigenvalue weighted by Gasteiger charge is -1.96. The molecule has 0 saturated heterocycles. The third kappa shape index (κ3) is 1.68. The zero-order chi connectivity index (χ0) is 12.5. The molecule has 0 aliphatic rings. The highest BCUT2D eigenvalue weighted by atomic mass is 16.1. The Kier molecular flexibility index (Phi) is 2.41. The van der Waals surface area contributed by atoms with Gasteiger partial charge in [0.2, 0.25) is 0 Å². The number of pyridine rings is 1. The molecule has 2 heterocycles. The summed E-state index contributed by atoms with van der Waals surface area (Å²) in [6.07, 6.45) is 0.779. The maximum Gasteiger partial charge on any atom is 0.182 e. The van der Waals surface area contributed by atoms with Crippen LogP contribution < -0.4 is 0 Å². The molecule has 2 aromatic heterocycles. The Morgan fingerprint density at radius 2 is 2.00 bits per heavy atom. The van der Waals surface area contributed by atoms with E-state index in [2.05, 4.69) is 10.1 Å². The molecular formula is C14H11N3O. The smallest absolute Gasteiger partial charge is 0.182 e. The summed E-state index contributed by atoms with van der Waals surface area (Å²) in [5, 5.41) is 4.37. The first-order chi connectivity index (χ1) is 8.78. The lowest BCUT2D eigenvalue weighted by Crippen LogP contribution is -1.96. The summed E-state index contributed by atoms with van der Waals surface area (Å²) in [4.78, 5) is 15.4. The Balaban J connectivity index is 2.22. The van der Waals surface area contributed by atoms with Crippen LogP contribution in [0.1, 0.15) is 16.1 Å². The fourth-order valence-corrected chi connectivity index (χ4v) is 1.92. The second-order valence-corrected chi connectivity index (χ2v) is 4.14. The van der Waals surface area contributed by atoms with Gasteiger partial charge in [-0.3, -0.25) is 4.79 Å². The van der Waals surface area contributed by atoms with E-state index < -0.39 is 0 Å². The second-order valence-electron chi connectivity index (χ2n) is 4.14. The molecule has 18 heavy (non-hydrogen) atoms. The number of fused-ring (bicyclic) bond motifs is 1. The van der Waals surface area contributed by atoms with Gasteiger partial charge in [-0.15, -0.1) is 5.10 Å². The van der Waals surface area contributed by atoms with Crippen LogP contribution in [0.2, 0.25) is 0 Å². The van der Waals surface area contributed by atoms with Crippen molar-refractivity contribution in [2.75, 3.05) is 0 Å². The molecule has 0 unspecified atom stereocenters. The van der Waals surface area contributed by atoms with E-state index in [-0.39, 0.29) is 0 Å². The minimum absolute atomic E-state index is 0.499. The quantitative estimate of drug-likeness (QED) is 0.643. The molecule has 0 atom stereocenters. The van der Waals surface area contributed by atoms with Crippen molar-refractivity contribution >= 4 is 11.9 Å². The monoisotopic (exact) mass is 237 g/mol. The molecule has 0 amide bonds. The second kappa shape index (κ2) is 4.07. The van der Waals surface area contributed by atoms with Crippen molar-refractivity contribution in [2.24, 2.45) is 0 Å². The third-order valence-corrected chi connectivity index (χ3v) is 2.79. The fraction of sp³-hybridized carbons (Fsp3) is 0.0714. The molecule has 0 radical (unpaired) electrons. The number of rotatable bonds is 2. The molecule has 3 rings (SSSR count). The van der Waals surface area contributed by atoms with E-state index in [4.69, 9.17) is 0 Å². The number of hydrogen-bond donors (Lipinski definition) is 0. The molecule has 88 valence electrons. The average Bonchev–Trinajstić information content (AvgIpc) is 2.82. The van der Waals surface area contributed by atoms with Gasteiger partial charge in [-0.25, -0.2) is 9.50 Å². The highest BCUT2D eigenvalue weighted by Gasteiger charge is 2.08. The van der Waals surface area contributed by atoms with Crippen molar-refractivity contribution < 1.29 is 4.79 Å². The van der Waals surface area contributed by atoms with Gasteiger partial charge in [0.25, 0.3) is 0 Å². The Morgan fingerprint density at radius 3 is 2.78 bits per heavy atom. The van der Waals surface area contributed by atoms with E-state index in [0.717, 1.165) is 17.4 Å². The Hall–Kier alpha value is -2.49. The largest absolute Gasteiger partial charge is 0.296 e. The van der Waals surface area contributed by atoms with Gasteiger partial charge in [-0.05, 0) is 25.1 Å². The molecule has 4 nitrogen and oxygen atoms in total. The van der Waals surface area contributed by atoms with Crippen LogP contribution in [-0.4, -0.2) is 20.9 Å². The Bertz CT molecular complexity index is 731. The van der Waals surface area contributed by atoms with Gasteiger partial charge >= 0.3 is 0 Å². The van der Waals surface area contributed by atoms with E-state index in [1.54, 1.807) is 16.6 Å². The molecule has 1 aromatic carbocycles. The fourth-order valence-electron chi connectivity index (χ4n) is 1.92. The lowest BCUT2D eigenvalue weighted by molar-refractivity contribution is 0.111. The molecule has 3 aromatic rings. The van der Waals surface area contributed by atoms with Crippen LogP contribution in [-0.2, 0) is 0 Å². The van der Waals surface area contributed by atoms with Gasteiger partial charge < -0.3 is 0 Å². The van der Waals surface area contributed by atoms with E-state index in [1.165, 1.54) is 0 Å². The normalized spacial score (nSPS) is 10.7. The minimum Gasteiger partial charge on any atom is -0.296 e. The zero-order valence-corrected chi connectivity index (χ0v) is 9.87. The molecule has 0 N–H and O–H groups in total. The van der Waals surface area contributed by atoms with Crippen LogP contribution in [0.4, 0.5) is 0 Å². The van der Waals surface area contributed by atoms with Crippen molar-refractivity contribution in [3.8, 4) is 11.4 Å². The summed E-state index contributed by atoms with van der Waals surface area (Å²) in [5.41, 5.74) is 3.28. The van der Waals surface area contributed by atoms with Gasteiger partial charge in [0, 0.05) is 5.56 Å². The lowest BCUT2D eigenvalue weighted by atomic mass is 10.1. The molecule has 0 fully saturated rings. The first-order valence-corrected chi connectivity index (χ1v) is 5.66. The summed E-state index contributed by atoms with van der Waals surface area (Å²) in [6, 6.07) is 13.3. The Labute approximate surface area is 104 Å². The highest BCUT2D eigenvalue weighted by molar-refractivity contribution is 5.74. The number of aldehydes is 1. The van der Waals surface area contributed by atoms with E-state index in [1.807, 2.05) is 37.3 Å². The van der Waals surface area contributed by atoms with Crippen LogP contribution in [0.25, 0.3) is 17.0 Å². The van der Waals surface area contributed by atoms with Gasteiger partial charge in [-0.1, -0.05) is 29.8 Å². The van der Waals surface area contributed by atoms with Crippen molar-refractivity contribution in [1.29, 1.82) is 0 Å². The topological polar surface area (TPSA) is 47.3 Å². The molecule has 0 bridgehead atoms. The Morgan fingerprint density at radius 1 is 1.17 bits per heavy atom. The van der Waals surface area contributed by atoms with Crippen LogP contribution in [0.5, 0.6) is 0 Å². The van der Waals surface area contributed by atoms with Crippen molar-refractivity contribution in [2.45, 2.75) is 6.92 Å². The molecule has 4 heteroatoms. The van der Waals surface area contributed by atoms with Crippen LogP contribution in [0.15, 0.2) is 42.5 Å². The summed E-state index contributed by atoms with van der Waals surface area (Å²) in [7, 11) is 0. The summed E-state index contributed by atoms with van der Waals surface area (Å²) >= 11 is 0. The van der Waals surface area contributed by atoms with Crippen molar-refractivity contribution in [3.05, 3.63) is 53.7 Å². The molecule has 0 aliphatic heterocycles. The predicted octanol–water partition coefficient (Wildman–Crippen LogP) is 2.52. The third-order valence-electron chi connectivity index (χ3n) is 2.79. The maximum absolute atomic E-state index is 10.9. The van der Waals surface area contributed by atoms with Crippen molar-refractivity contribution in [3.63, 3.8) is 0 Å². The number of aryl methyl sites for hydroxylation is 1. The molecule has 0 aliphatic carbocycles. The number of hydrogen-bond acceptors (Lipinski definition) is 3. The molecule has 0 spiro atoms. The van der Waals surface area contributed by atoms with E-state index in [0.29, 0.717) is 17.2 Å². The van der Waals surface area contributed by atoms with Crippen LogP contribution >= 0.6 is 0 Å². The zero-order valence-electron chi connectivity index (χ0n) is 9.87. The van der Waals surface area contributed by atoms with E-state index in [9.17, 15) is 4.79 Å². The van der Waals surface area contributed by atoms with E-state index >= 15 is 0 Å². The number of benzene rings is 1. The average molecular weight is 237 g/mol. The van der Waals surface area contributed by atoms with Gasteiger partial charge in [0.05, 0.1) is 0 Å².